The zero-order chi connectivity index (χ0) is 16.8. The second-order valence-electron chi connectivity index (χ2n) is 7.17. The van der Waals surface area contributed by atoms with Gasteiger partial charge in [-0.1, -0.05) is 30.3 Å². The zero-order valence-electron chi connectivity index (χ0n) is 14.9. The summed E-state index contributed by atoms with van der Waals surface area (Å²) in [5.74, 6) is 0.703. The van der Waals surface area contributed by atoms with Crippen LogP contribution in [0, 0.1) is 0 Å². The Hall–Kier alpha value is -0.940. The van der Waals surface area contributed by atoms with Crippen molar-refractivity contribution in [2.45, 2.75) is 63.1 Å². The third kappa shape index (κ3) is 4.57. The third-order valence-electron chi connectivity index (χ3n) is 5.62. The average Bonchev–Trinajstić information content (AvgIpc) is 2.99. The van der Waals surface area contributed by atoms with Crippen LogP contribution in [0.1, 0.15) is 50.5 Å². The van der Waals surface area contributed by atoms with E-state index >= 15 is 0 Å². The van der Waals surface area contributed by atoms with E-state index < -0.39 is 0 Å². The standard InChI is InChI=1S/C20H32N2O2/c1-2-23-15-22-13-12-19(21)20(22)14-24-18-10-8-17(9-11-18)16-6-4-3-5-7-16/h3-7,17-20H,2,8-15,21H2,1H3. The maximum atomic E-state index is 6.28. The van der Waals surface area contributed by atoms with Crippen LogP contribution in [0.15, 0.2) is 30.3 Å². The lowest BCUT2D eigenvalue weighted by atomic mass is 9.83. The number of rotatable bonds is 7. The van der Waals surface area contributed by atoms with Crippen molar-refractivity contribution in [2.24, 2.45) is 5.73 Å². The Labute approximate surface area is 146 Å². The Kier molecular flexibility index (Phi) is 6.67. The predicted octanol–water partition coefficient (Wildman–Crippen LogP) is 3.13. The van der Waals surface area contributed by atoms with Crippen LogP contribution in [0.2, 0.25) is 0 Å². The maximum absolute atomic E-state index is 6.28. The Morgan fingerprint density at radius 2 is 1.83 bits per heavy atom. The molecule has 1 heterocycles. The minimum atomic E-state index is 0.214. The van der Waals surface area contributed by atoms with Gasteiger partial charge in [0, 0.05) is 19.2 Å². The molecule has 4 heteroatoms. The van der Waals surface area contributed by atoms with Crippen LogP contribution < -0.4 is 5.73 Å². The summed E-state index contributed by atoms with van der Waals surface area (Å²) in [5.41, 5.74) is 7.76. The van der Waals surface area contributed by atoms with Crippen molar-refractivity contribution in [1.29, 1.82) is 0 Å². The predicted molar refractivity (Wildman–Crippen MR) is 97.0 cm³/mol. The molecule has 0 aromatic heterocycles. The molecule has 2 unspecified atom stereocenters. The monoisotopic (exact) mass is 332 g/mol. The highest BCUT2D eigenvalue weighted by Crippen LogP contribution is 2.34. The molecular weight excluding hydrogens is 300 g/mol. The van der Waals surface area contributed by atoms with Gasteiger partial charge in [-0.2, -0.15) is 0 Å². The molecule has 2 aliphatic rings. The van der Waals surface area contributed by atoms with E-state index in [-0.39, 0.29) is 6.04 Å². The van der Waals surface area contributed by atoms with Gasteiger partial charge in [-0.05, 0) is 50.5 Å². The quantitative estimate of drug-likeness (QED) is 0.833. The maximum Gasteiger partial charge on any atom is 0.0993 e. The van der Waals surface area contributed by atoms with Crippen LogP contribution in [-0.2, 0) is 9.47 Å². The number of likely N-dealkylation sites (tertiary alicyclic amines) is 1. The minimum absolute atomic E-state index is 0.214. The van der Waals surface area contributed by atoms with Crippen molar-refractivity contribution in [1.82, 2.24) is 4.90 Å². The molecule has 2 fully saturated rings. The molecule has 2 atom stereocenters. The molecule has 1 saturated carbocycles. The van der Waals surface area contributed by atoms with Crippen molar-refractivity contribution in [2.75, 3.05) is 26.5 Å². The first-order valence-corrected chi connectivity index (χ1v) is 9.52. The zero-order valence-corrected chi connectivity index (χ0v) is 14.9. The summed E-state index contributed by atoms with van der Waals surface area (Å²) in [7, 11) is 0. The first-order chi connectivity index (χ1) is 11.8. The van der Waals surface area contributed by atoms with Crippen LogP contribution in [0.5, 0.6) is 0 Å². The molecule has 3 rings (SSSR count). The van der Waals surface area contributed by atoms with Gasteiger partial charge in [-0.15, -0.1) is 0 Å². The van der Waals surface area contributed by atoms with Gasteiger partial charge in [0.05, 0.1) is 25.5 Å². The topological polar surface area (TPSA) is 47.7 Å². The Bertz CT molecular complexity index is 474. The van der Waals surface area contributed by atoms with Gasteiger partial charge in [0.1, 0.15) is 0 Å². The molecule has 134 valence electrons. The normalized spacial score (nSPS) is 31.4. The minimum Gasteiger partial charge on any atom is -0.377 e. The van der Waals surface area contributed by atoms with Crippen LogP contribution in [0.25, 0.3) is 0 Å². The van der Waals surface area contributed by atoms with Crippen LogP contribution in [0.4, 0.5) is 0 Å². The van der Waals surface area contributed by atoms with Gasteiger partial charge in [-0.25, -0.2) is 0 Å². The summed E-state index contributed by atoms with van der Waals surface area (Å²) in [6.07, 6.45) is 6.22. The van der Waals surface area contributed by atoms with Crippen molar-refractivity contribution in [3.8, 4) is 0 Å². The van der Waals surface area contributed by atoms with E-state index in [1.54, 1.807) is 0 Å². The average molecular weight is 332 g/mol. The summed E-state index contributed by atoms with van der Waals surface area (Å²) in [6.45, 7) is 5.24. The molecule has 4 nitrogen and oxygen atoms in total. The second kappa shape index (κ2) is 8.95. The fraction of sp³-hybridized carbons (Fsp3) is 0.700. The largest absolute Gasteiger partial charge is 0.377 e. The number of benzene rings is 1. The van der Waals surface area contributed by atoms with E-state index in [1.165, 1.54) is 18.4 Å². The van der Waals surface area contributed by atoms with Gasteiger partial charge in [0.15, 0.2) is 0 Å². The van der Waals surface area contributed by atoms with E-state index in [4.69, 9.17) is 15.2 Å². The van der Waals surface area contributed by atoms with Gasteiger partial charge < -0.3 is 15.2 Å². The number of nitrogens with two attached hydrogens (primary N) is 1. The van der Waals surface area contributed by atoms with Crippen molar-refractivity contribution < 1.29 is 9.47 Å². The number of nitrogens with zero attached hydrogens (tertiary/aromatic N) is 1. The summed E-state index contributed by atoms with van der Waals surface area (Å²) < 4.78 is 11.8. The number of ether oxygens (including phenoxy) is 2. The smallest absolute Gasteiger partial charge is 0.0993 e. The van der Waals surface area contributed by atoms with Crippen molar-refractivity contribution in [3.05, 3.63) is 35.9 Å². The Morgan fingerprint density at radius 3 is 2.54 bits per heavy atom. The highest BCUT2D eigenvalue weighted by Gasteiger charge is 2.33. The molecule has 0 amide bonds. The van der Waals surface area contributed by atoms with E-state index in [0.29, 0.717) is 24.8 Å². The van der Waals surface area contributed by atoms with Gasteiger partial charge >= 0.3 is 0 Å². The number of hydrogen-bond acceptors (Lipinski definition) is 4. The molecule has 0 spiro atoms. The van der Waals surface area contributed by atoms with Crippen LogP contribution in [0.3, 0.4) is 0 Å². The fourth-order valence-electron chi connectivity index (χ4n) is 4.06. The van der Waals surface area contributed by atoms with E-state index in [2.05, 4.69) is 35.2 Å². The van der Waals surface area contributed by atoms with Crippen LogP contribution >= 0.6 is 0 Å². The first-order valence-electron chi connectivity index (χ1n) is 9.52. The summed E-state index contributed by atoms with van der Waals surface area (Å²) in [4.78, 5) is 2.34. The molecule has 1 saturated heterocycles. The van der Waals surface area contributed by atoms with Crippen molar-refractivity contribution >= 4 is 0 Å². The molecule has 0 radical (unpaired) electrons. The summed E-state index contributed by atoms with van der Waals surface area (Å²) in [5, 5.41) is 0. The lowest BCUT2D eigenvalue weighted by molar-refractivity contribution is -0.0338. The molecule has 24 heavy (non-hydrogen) atoms. The molecular formula is C20H32N2O2. The Balaban J connectivity index is 1.43. The van der Waals surface area contributed by atoms with E-state index in [0.717, 1.165) is 39.0 Å². The van der Waals surface area contributed by atoms with Crippen LogP contribution in [-0.4, -0.2) is 49.6 Å². The molecule has 1 aliphatic carbocycles. The second-order valence-corrected chi connectivity index (χ2v) is 7.17. The van der Waals surface area contributed by atoms with E-state index in [1.807, 2.05) is 6.92 Å². The Morgan fingerprint density at radius 1 is 1.08 bits per heavy atom. The summed E-state index contributed by atoms with van der Waals surface area (Å²) >= 11 is 0. The van der Waals surface area contributed by atoms with Gasteiger partial charge in [0.2, 0.25) is 0 Å². The fourth-order valence-corrected chi connectivity index (χ4v) is 4.06. The lowest BCUT2D eigenvalue weighted by Gasteiger charge is -2.32. The first kappa shape index (κ1) is 17.9. The SMILES string of the molecule is CCOCN1CCC(N)C1COC1CCC(c2ccccc2)CC1. The lowest BCUT2D eigenvalue weighted by Crippen LogP contribution is -2.44. The summed E-state index contributed by atoms with van der Waals surface area (Å²) in [6, 6.07) is 11.4. The highest BCUT2D eigenvalue weighted by atomic mass is 16.5. The van der Waals surface area contributed by atoms with Gasteiger partial charge in [0.25, 0.3) is 0 Å². The molecule has 1 aromatic carbocycles. The molecule has 2 N–H and O–H groups in total. The molecule has 1 aliphatic heterocycles. The highest BCUT2D eigenvalue weighted by molar-refractivity contribution is 5.19. The van der Waals surface area contributed by atoms with E-state index in [9.17, 15) is 0 Å². The molecule has 1 aromatic rings. The third-order valence-corrected chi connectivity index (χ3v) is 5.62. The van der Waals surface area contributed by atoms with Crippen molar-refractivity contribution in [3.63, 3.8) is 0 Å². The van der Waals surface area contributed by atoms with Gasteiger partial charge in [-0.3, -0.25) is 4.90 Å². The molecule has 0 bridgehead atoms. The number of hydrogen-bond donors (Lipinski definition) is 1.